The Labute approximate surface area is 289 Å². The van der Waals surface area contributed by atoms with Crippen molar-refractivity contribution in [1.82, 2.24) is 42.5 Å². The van der Waals surface area contributed by atoms with Crippen LogP contribution in [0.4, 0.5) is 0 Å². The van der Waals surface area contributed by atoms with Crippen LogP contribution >= 0.6 is 0 Å². The van der Waals surface area contributed by atoms with Crippen LogP contribution in [0.1, 0.15) is 103 Å². The molecule has 0 spiro atoms. The second-order valence-electron chi connectivity index (χ2n) is 12.3. The summed E-state index contributed by atoms with van der Waals surface area (Å²) >= 11 is 0. The Balaban J connectivity index is 5.17. The molecule has 13 nitrogen and oxygen atoms in total. The van der Waals surface area contributed by atoms with E-state index in [4.69, 9.17) is 6.42 Å². The van der Waals surface area contributed by atoms with Gasteiger partial charge in [0.05, 0.1) is 18.1 Å². The van der Waals surface area contributed by atoms with Gasteiger partial charge in [0.25, 0.3) is 0 Å². The van der Waals surface area contributed by atoms with E-state index in [-0.39, 0.29) is 29.5 Å². The second kappa shape index (κ2) is 30.0. The van der Waals surface area contributed by atoms with E-state index in [0.29, 0.717) is 77.3 Å². The van der Waals surface area contributed by atoms with Crippen LogP contribution in [-0.2, 0) is 24.0 Å². The van der Waals surface area contributed by atoms with Gasteiger partial charge in [-0.1, -0.05) is 12.8 Å². The number of likely N-dealkylation sites (N-methyl/N-ethyl adjacent to an activating group) is 2. The highest BCUT2D eigenvalue weighted by Gasteiger charge is 2.27. The maximum Gasteiger partial charge on any atom is 0.243 e. The van der Waals surface area contributed by atoms with E-state index in [9.17, 15) is 24.0 Å². The van der Waals surface area contributed by atoms with Gasteiger partial charge in [-0.25, -0.2) is 0 Å². The summed E-state index contributed by atoms with van der Waals surface area (Å²) in [5.41, 5.74) is 0. The van der Waals surface area contributed by atoms with Gasteiger partial charge in [0.2, 0.25) is 23.6 Å². The smallest absolute Gasteiger partial charge is 0.243 e. The van der Waals surface area contributed by atoms with Crippen molar-refractivity contribution in [1.29, 1.82) is 0 Å². The molecule has 48 heavy (non-hydrogen) atoms. The summed E-state index contributed by atoms with van der Waals surface area (Å²) in [6, 6.07) is -2.24. The van der Waals surface area contributed by atoms with E-state index in [1.165, 1.54) is 6.92 Å². The molecule has 0 aromatic rings. The fourth-order valence-electron chi connectivity index (χ4n) is 5.25. The third-order valence-electron chi connectivity index (χ3n) is 8.29. The van der Waals surface area contributed by atoms with Gasteiger partial charge in [0.1, 0.15) is 6.04 Å². The zero-order valence-electron chi connectivity index (χ0n) is 30.4. The van der Waals surface area contributed by atoms with Crippen LogP contribution in [0.15, 0.2) is 0 Å². The van der Waals surface area contributed by atoms with Gasteiger partial charge in [-0.3, -0.25) is 24.0 Å². The number of Topliss-reactive ketones (excluding diaryl/α,β-unsaturated/α-hetero) is 1. The largest absolute Gasteiger partial charge is 0.356 e. The number of carbonyl (C=O) groups is 5. The normalized spacial score (nSPS) is 13.4. The first kappa shape index (κ1) is 45.0. The summed E-state index contributed by atoms with van der Waals surface area (Å²) in [6.45, 7) is 4.15. The lowest BCUT2D eigenvalue weighted by Crippen LogP contribution is -2.54. The molecule has 0 bridgehead atoms. The number of hydrogen-bond acceptors (Lipinski definition) is 9. The van der Waals surface area contributed by atoms with Crippen LogP contribution in [0, 0.1) is 12.3 Å². The molecule has 0 aromatic heterocycles. The minimum Gasteiger partial charge on any atom is -0.356 e. The van der Waals surface area contributed by atoms with Gasteiger partial charge in [0, 0.05) is 25.9 Å². The zero-order chi connectivity index (χ0) is 36.0. The molecule has 0 saturated heterocycles. The fraction of sp³-hybridized carbons (Fsp3) is 0.800. The number of rotatable bonds is 31. The number of terminal acetylenes is 1. The Morgan fingerprint density at radius 1 is 0.542 bits per heavy atom. The van der Waals surface area contributed by atoms with Gasteiger partial charge in [0.15, 0.2) is 5.78 Å². The molecule has 0 heterocycles. The molecule has 4 unspecified atom stereocenters. The summed E-state index contributed by atoms with van der Waals surface area (Å²) < 4.78 is 0. The maximum absolute atomic E-state index is 13.5. The molecule has 8 N–H and O–H groups in total. The van der Waals surface area contributed by atoms with Gasteiger partial charge >= 0.3 is 0 Å². The SMILES string of the molecule is C#CCCCC(=O)NCCCCC(NC(=O)C(CCCCNC(=O)C(CCCCNC)NC)NC(=O)C(CCCCNC)NC)C(C)=O. The molecule has 0 saturated carbocycles. The number of unbranched alkanes of at least 4 members (excludes halogenated alkanes) is 5. The zero-order valence-corrected chi connectivity index (χ0v) is 30.4. The lowest BCUT2D eigenvalue weighted by atomic mass is 10.0. The minimum absolute atomic E-state index is 0.0487. The minimum atomic E-state index is -0.831. The van der Waals surface area contributed by atoms with Crippen molar-refractivity contribution in [3.05, 3.63) is 0 Å². The number of hydrogen-bond donors (Lipinski definition) is 8. The van der Waals surface area contributed by atoms with E-state index < -0.39 is 24.0 Å². The highest BCUT2D eigenvalue weighted by Crippen LogP contribution is 2.08. The molecule has 0 aliphatic heterocycles. The monoisotopic (exact) mass is 679 g/mol. The molecule has 4 atom stereocenters. The molecule has 4 amide bonds. The molecule has 0 aliphatic carbocycles. The first-order chi connectivity index (χ1) is 23.1. The van der Waals surface area contributed by atoms with Crippen LogP contribution in [0.2, 0.25) is 0 Å². The molecule has 0 radical (unpaired) electrons. The van der Waals surface area contributed by atoms with Crippen molar-refractivity contribution >= 4 is 29.4 Å². The maximum atomic E-state index is 13.5. The van der Waals surface area contributed by atoms with Crippen molar-refractivity contribution in [2.45, 2.75) is 127 Å². The predicted molar refractivity (Wildman–Crippen MR) is 192 cm³/mol. The molecule has 0 fully saturated rings. The standard InChI is InChI=1S/C35H66N8O5/c1-7-8-9-22-32(45)40-25-16-12-18-28(27(2)44)42-35(48)31(43-34(47)30(39-6)20-11-15-24-37-4)21-13-17-26-41-33(46)29(38-5)19-10-14-23-36-3/h1,28-31,36-39H,8-26H2,2-6H3,(H,40,45)(H,41,46)(H,42,48)(H,43,47). The van der Waals surface area contributed by atoms with Gasteiger partial charge in [-0.05, 0) is 119 Å². The Bertz CT molecular complexity index is 958. The van der Waals surface area contributed by atoms with E-state index in [0.717, 1.165) is 45.2 Å². The summed E-state index contributed by atoms with van der Waals surface area (Å²) in [5.74, 6) is 1.58. The van der Waals surface area contributed by atoms with E-state index in [2.05, 4.69) is 48.5 Å². The summed E-state index contributed by atoms with van der Waals surface area (Å²) in [4.78, 5) is 63.7. The van der Waals surface area contributed by atoms with Gasteiger partial charge in [-0.15, -0.1) is 12.3 Å². The number of carbonyl (C=O) groups excluding carboxylic acids is 5. The Kier molecular flexibility index (Phi) is 28.1. The van der Waals surface area contributed by atoms with Crippen molar-refractivity contribution in [2.75, 3.05) is 54.4 Å². The topological polar surface area (TPSA) is 182 Å². The molecule has 0 aliphatic rings. The van der Waals surface area contributed by atoms with Crippen LogP contribution < -0.4 is 42.5 Å². The third-order valence-corrected chi connectivity index (χ3v) is 8.29. The first-order valence-corrected chi connectivity index (χ1v) is 17.9. The second-order valence-corrected chi connectivity index (χ2v) is 12.3. The quantitative estimate of drug-likeness (QED) is 0.0390. The fourth-order valence-corrected chi connectivity index (χ4v) is 5.25. The average molecular weight is 679 g/mol. The van der Waals surface area contributed by atoms with Crippen LogP contribution in [0.25, 0.3) is 0 Å². The van der Waals surface area contributed by atoms with Crippen molar-refractivity contribution in [2.24, 2.45) is 0 Å². The van der Waals surface area contributed by atoms with E-state index in [1.807, 2.05) is 14.1 Å². The number of amides is 4. The molecule has 13 heteroatoms. The first-order valence-electron chi connectivity index (χ1n) is 17.9. The molecule has 276 valence electrons. The van der Waals surface area contributed by atoms with Gasteiger partial charge in [-0.2, -0.15) is 0 Å². The number of nitrogens with one attached hydrogen (secondary N) is 8. The molecular formula is C35H66N8O5. The summed E-state index contributed by atoms with van der Waals surface area (Å²) in [6.07, 6.45) is 15.2. The Hall–Kier alpha value is -3.05. The highest BCUT2D eigenvalue weighted by molar-refractivity contribution is 5.93. The van der Waals surface area contributed by atoms with Crippen LogP contribution in [0.3, 0.4) is 0 Å². The average Bonchev–Trinajstić information content (AvgIpc) is 3.06. The Morgan fingerprint density at radius 2 is 0.979 bits per heavy atom. The van der Waals surface area contributed by atoms with E-state index in [1.54, 1.807) is 14.1 Å². The highest BCUT2D eigenvalue weighted by atomic mass is 16.2. The Morgan fingerprint density at radius 3 is 1.48 bits per heavy atom. The predicted octanol–water partition coefficient (Wildman–Crippen LogP) is 0.877. The number of ketones is 1. The van der Waals surface area contributed by atoms with Crippen LogP contribution in [0.5, 0.6) is 0 Å². The summed E-state index contributed by atoms with van der Waals surface area (Å²) in [7, 11) is 7.31. The lowest BCUT2D eigenvalue weighted by molar-refractivity contribution is -0.132. The lowest BCUT2D eigenvalue weighted by Gasteiger charge is -2.24. The van der Waals surface area contributed by atoms with Crippen molar-refractivity contribution < 1.29 is 24.0 Å². The van der Waals surface area contributed by atoms with Crippen LogP contribution in [-0.4, -0.2) is 108 Å². The van der Waals surface area contributed by atoms with Crippen molar-refractivity contribution in [3.8, 4) is 12.3 Å². The van der Waals surface area contributed by atoms with Crippen molar-refractivity contribution in [3.63, 3.8) is 0 Å². The third kappa shape index (κ3) is 22.5. The summed E-state index contributed by atoms with van der Waals surface area (Å²) in [5, 5.41) is 24.0. The molecule has 0 rings (SSSR count). The van der Waals surface area contributed by atoms with E-state index >= 15 is 0 Å². The van der Waals surface area contributed by atoms with Gasteiger partial charge < -0.3 is 42.5 Å². The molecular weight excluding hydrogens is 612 g/mol. The molecule has 0 aromatic carbocycles.